The standard InChI is InChI=1S/C11H11BrN2S/c1-7(13)11-14-10(6-15-11)8-4-2-3-5-9(8)12/h2-7H,13H2,1H3. The van der Waals surface area contributed by atoms with Gasteiger partial charge >= 0.3 is 0 Å². The van der Waals surface area contributed by atoms with Crippen LogP contribution in [0.2, 0.25) is 0 Å². The van der Waals surface area contributed by atoms with Crippen LogP contribution in [0.25, 0.3) is 11.3 Å². The van der Waals surface area contributed by atoms with Gasteiger partial charge in [-0.1, -0.05) is 34.1 Å². The molecule has 78 valence electrons. The molecule has 1 aromatic heterocycles. The van der Waals surface area contributed by atoms with Gasteiger partial charge in [0.2, 0.25) is 0 Å². The van der Waals surface area contributed by atoms with E-state index in [1.165, 1.54) is 0 Å². The smallest absolute Gasteiger partial charge is 0.110 e. The van der Waals surface area contributed by atoms with Gasteiger partial charge in [0.1, 0.15) is 5.01 Å². The minimum absolute atomic E-state index is 0.00578. The molecule has 2 nitrogen and oxygen atoms in total. The van der Waals surface area contributed by atoms with Crippen LogP contribution >= 0.6 is 27.3 Å². The van der Waals surface area contributed by atoms with Crippen LogP contribution in [0, 0.1) is 0 Å². The molecule has 2 N–H and O–H groups in total. The largest absolute Gasteiger partial charge is 0.322 e. The molecule has 2 rings (SSSR count). The van der Waals surface area contributed by atoms with Crippen LogP contribution in [-0.4, -0.2) is 4.98 Å². The van der Waals surface area contributed by atoms with Crippen LogP contribution in [0.15, 0.2) is 34.1 Å². The zero-order valence-electron chi connectivity index (χ0n) is 8.27. The Labute approximate surface area is 101 Å². The maximum atomic E-state index is 5.78. The van der Waals surface area contributed by atoms with Crippen molar-refractivity contribution in [1.29, 1.82) is 0 Å². The second-order valence-electron chi connectivity index (χ2n) is 3.34. The highest BCUT2D eigenvalue weighted by atomic mass is 79.9. The lowest BCUT2D eigenvalue weighted by molar-refractivity contribution is 0.808. The lowest BCUT2D eigenvalue weighted by Crippen LogP contribution is -2.03. The first-order valence-electron chi connectivity index (χ1n) is 4.64. The highest BCUT2D eigenvalue weighted by Crippen LogP contribution is 2.29. The number of hydrogen-bond donors (Lipinski definition) is 1. The molecule has 0 bridgehead atoms. The number of benzene rings is 1. The van der Waals surface area contributed by atoms with Gasteiger partial charge in [0, 0.05) is 15.4 Å². The molecular formula is C11H11BrN2S. The summed E-state index contributed by atoms with van der Waals surface area (Å²) in [5, 5.41) is 3.01. The minimum atomic E-state index is 0.00578. The molecule has 1 heterocycles. The minimum Gasteiger partial charge on any atom is -0.322 e. The van der Waals surface area contributed by atoms with E-state index in [4.69, 9.17) is 5.73 Å². The number of nitrogens with two attached hydrogens (primary N) is 1. The summed E-state index contributed by atoms with van der Waals surface area (Å²) < 4.78 is 1.06. The van der Waals surface area contributed by atoms with Gasteiger partial charge in [0.25, 0.3) is 0 Å². The van der Waals surface area contributed by atoms with E-state index in [-0.39, 0.29) is 6.04 Å². The summed E-state index contributed by atoms with van der Waals surface area (Å²) in [5.74, 6) is 0. The summed E-state index contributed by atoms with van der Waals surface area (Å²) in [5.41, 5.74) is 7.88. The van der Waals surface area contributed by atoms with Crippen LogP contribution in [-0.2, 0) is 0 Å². The highest BCUT2D eigenvalue weighted by Gasteiger charge is 2.09. The number of halogens is 1. The van der Waals surface area contributed by atoms with Gasteiger partial charge in [-0.25, -0.2) is 4.98 Å². The van der Waals surface area contributed by atoms with Crippen molar-refractivity contribution in [3.8, 4) is 11.3 Å². The van der Waals surface area contributed by atoms with E-state index in [1.54, 1.807) is 11.3 Å². The Morgan fingerprint density at radius 3 is 2.73 bits per heavy atom. The van der Waals surface area contributed by atoms with E-state index in [2.05, 4.69) is 20.9 Å². The monoisotopic (exact) mass is 282 g/mol. The van der Waals surface area contributed by atoms with E-state index >= 15 is 0 Å². The van der Waals surface area contributed by atoms with Crippen LogP contribution in [0.3, 0.4) is 0 Å². The SMILES string of the molecule is CC(N)c1nc(-c2ccccc2Br)cs1. The van der Waals surface area contributed by atoms with Gasteiger partial charge in [0.05, 0.1) is 11.7 Å². The molecule has 0 saturated carbocycles. The van der Waals surface area contributed by atoms with Crippen LogP contribution in [0.5, 0.6) is 0 Å². The van der Waals surface area contributed by atoms with Crippen molar-refractivity contribution in [2.45, 2.75) is 13.0 Å². The van der Waals surface area contributed by atoms with Gasteiger partial charge < -0.3 is 5.73 Å². The third kappa shape index (κ3) is 2.27. The number of hydrogen-bond acceptors (Lipinski definition) is 3. The normalized spacial score (nSPS) is 12.7. The highest BCUT2D eigenvalue weighted by molar-refractivity contribution is 9.10. The van der Waals surface area contributed by atoms with E-state index in [9.17, 15) is 0 Å². The molecule has 0 amide bonds. The molecule has 1 aromatic carbocycles. The Hall–Kier alpha value is -0.710. The molecule has 0 aliphatic rings. The lowest BCUT2D eigenvalue weighted by atomic mass is 10.2. The maximum Gasteiger partial charge on any atom is 0.110 e. The molecule has 0 aliphatic carbocycles. The molecule has 0 aliphatic heterocycles. The zero-order valence-corrected chi connectivity index (χ0v) is 10.7. The summed E-state index contributed by atoms with van der Waals surface area (Å²) >= 11 is 5.12. The van der Waals surface area contributed by atoms with E-state index in [1.807, 2.05) is 36.6 Å². The summed E-state index contributed by atoms with van der Waals surface area (Å²) in [7, 11) is 0. The predicted octanol–water partition coefficient (Wildman–Crippen LogP) is 3.59. The molecule has 0 fully saturated rings. The first-order chi connectivity index (χ1) is 7.18. The van der Waals surface area contributed by atoms with Crippen LogP contribution in [0.4, 0.5) is 0 Å². The number of nitrogens with zero attached hydrogens (tertiary/aromatic N) is 1. The van der Waals surface area contributed by atoms with Crippen LogP contribution < -0.4 is 5.73 Å². The fourth-order valence-electron chi connectivity index (χ4n) is 1.29. The third-order valence-corrected chi connectivity index (χ3v) is 3.80. The van der Waals surface area contributed by atoms with Crippen molar-refractivity contribution < 1.29 is 0 Å². The van der Waals surface area contributed by atoms with Crippen molar-refractivity contribution in [2.75, 3.05) is 0 Å². The summed E-state index contributed by atoms with van der Waals surface area (Å²) in [6.45, 7) is 1.95. The van der Waals surface area contributed by atoms with Gasteiger partial charge in [-0.15, -0.1) is 11.3 Å². The van der Waals surface area contributed by atoms with Gasteiger partial charge in [0.15, 0.2) is 0 Å². The van der Waals surface area contributed by atoms with Crippen molar-refractivity contribution >= 4 is 27.3 Å². The summed E-state index contributed by atoms with van der Waals surface area (Å²) in [6, 6.07) is 8.06. The van der Waals surface area contributed by atoms with E-state index in [0.29, 0.717) is 0 Å². The number of rotatable bonds is 2. The van der Waals surface area contributed by atoms with Crippen LogP contribution in [0.1, 0.15) is 18.0 Å². The molecule has 0 saturated heterocycles. The molecule has 0 spiro atoms. The van der Waals surface area contributed by atoms with E-state index < -0.39 is 0 Å². The van der Waals surface area contributed by atoms with Crippen molar-refractivity contribution in [1.82, 2.24) is 4.98 Å². The first kappa shape index (κ1) is 10.8. The van der Waals surface area contributed by atoms with E-state index in [0.717, 1.165) is 20.7 Å². The second-order valence-corrected chi connectivity index (χ2v) is 5.08. The first-order valence-corrected chi connectivity index (χ1v) is 6.31. The molecule has 1 atom stereocenters. The quantitative estimate of drug-likeness (QED) is 0.914. The van der Waals surface area contributed by atoms with Gasteiger partial charge in [-0.2, -0.15) is 0 Å². The molecule has 4 heteroatoms. The fraction of sp³-hybridized carbons (Fsp3) is 0.182. The van der Waals surface area contributed by atoms with Gasteiger partial charge in [-0.05, 0) is 13.0 Å². The van der Waals surface area contributed by atoms with Gasteiger partial charge in [-0.3, -0.25) is 0 Å². The van der Waals surface area contributed by atoms with Crippen molar-refractivity contribution in [2.24, 2.45) is 5.73 Å². The lowest BCUT2D eigenvalue weighted by Gasteiger charge is -2.00. The number of thiazole rings is 1. The average molecular weight is 283 g/mol. The third-order valence-electron chi connectivity index (χ3n) is 2.06. The Balaban J connectivity index is 2.42. The fourth-order valence-corrected chi connectivity index (χ4v) is 2.56. The molecule has 1 unspecified atom stereocenters. The summed E-state index contributed by atoms with van der Waals surface area (Å²) in [4.78, 5) is 4.50. The molecule has 2 aromatic rings. The Morgan fingerprint density at radius 2 is 2.13 bits per heavy atom. The molecular weight excluding hydrogens is 272 g/mol. The topological polar surface area (TPSA) is 38.9 Å². The predicted molar refractivity (Wildman–Crippen MR) is 67.9 cm³/mol. The molecule has 15 heavy (non-hydrogen) atoms. The Morgan fingerprint density at radius 1 is 1.40 bits per heavy atom. The van der Waals surface area contributed by atoms with Crippen molar-refractivity contribution in [3.63, 3.8) is 0 Å². The molecule has 0 radical (unpaired) electrons. The van der Waals surface area contributed by atoms with Crippen molar-refractivity contribution in [3.05, 3.63) is 39.1 Å². The zero-order chi connectivity index (χ0) is 10.8. The second kappa shape index (κ2) is 4.43. The Bertz CT molecular complexity index is 465. The Kier molecular flexibility index (Phi) is 3.19. The average Bonchev–Trinajstić information content (AvgIpc) is 2.67. The maximum absolute atomic E-state index is 5.78. The number of aromatic nitrogens is 1. The summed E-state index contributed by atoms with van der Waals surface area (Å²) in [6.07, 6.45) is 0.